The number of carbonyl (C=O) groups is 1. The van der Waals surface area contributed by atoms with Crippen LogP contribution in [-0.2, 0) is 10.3 Å². The number of nitrogens with one attached hydrogen (secondary N) is 2. The van der Waals surface area contributed by atoms with Crippen molar-refractivity contribution in [3.63, 3.8) is 0 Å². The van der Waals surface area contributed by atoms with Crippen LogP contribution in [-0.4, -0.2) is 19.5 Å². The largest absolute Gasteiger partial charge is 0.346 e. The van der Waals surface area contributed by atoms with Gasteiger partial charge in [0.2, 0.25) is 5.91 Å². The fourth-order valence-electron chi connectivity index (χ4n) is 1.49. The lowest BCUT2D eigenvalue weighted by molar-refractivity contribution is -0.121. The lowest BCUT2D eigenvalue weighted by Crippen LogP contribution is -2.44. The van der Waals surface area contributed by atoms with E-state index in [1.54, 1.807) is 7.05 Å². The van der Waals surface area contributed by atoms with Crippen molar-refractivity contribution in [1.82, 2.24) is 10.6 Å². The molecule has 4 heteroatoms. The van der Waals surface area contributed by atoms with Crippen LogP contribution < -0.4 is 10.6 Å². The van der Waals surface area contributed by atoms with E-state index in [2.05, 4.69) is 26.6 Å². The van der Waals surface area contributed by atoms with E-state index in [0.717, 1.165) is 10.0 Å². The van der Waals surface area contributed by atoms with Crippen LogP contribution in [0.25, 0.3) is 0 Å². The van der Waals surface area contributed by atoms with Gasteiger partial charge in [0.15, 0.2) is 0 Å². The Hall–Kier alpha value is -0.870. The smallest absolute Gasteiger partial charge is 0.234 e. The molecule has 3 nitrogen and oxygen atoms in total. The van der Waals surface area contributed by atoms with Crippen LogP contribution in [0, 0.1) is 0 Å². The second kappa shape index (κ2) is 5.46. The second-order valence-electron chi connectivity index (χ2n) is 4.21. The monoisotopic (exact) mass is 284 g/mol. The minimum Gasteiger partial charge on any atom is -0.346 e. The fraction of sp³-hybridized carbons (Fsp3) is 0.417. The first-order valence-corrected chi connectivity index (χ1v) is 5.96. The second-order valence-corrected chi connectivity index (χ2v) is 5.13. The van der Waals surface area contributed by atoms with E-state index in [-0.39, 0.29) is 11.4 Å². The summed E-state index contributed by atoms with van der Waals surface area (Å²) in [5, 5.41) is 5.81. The summed E-state index contributed by atoms with van der Waals surface area (Å²) in [6.45, 7) is 4.31. The molecule has 0 radical (unpaired) electrons. The number of hydrogen-bond donors (Lipinski definition) is 2. The van der Waals surface area contributed by atoms with Crippen molar-refractivity contribution >= 4 is 21.8 Å². The van der Waals surface area contributed by atoms with Gasteiger partial charge in [0, 0.05) is 4.47 Å². The predicted octanol–water partition coefficient (Wildman–Crippen LogP) is 2.02. The average Bonchev–Trinajstić information content (AvgIpc) is 2.17. The molecular weight excluding hydrogens is 268 g/mol. The molecule has 0 saturated heterocycles. The number of likely N-dealkylation sites (N-methyl/N-ethyl adjacent to an activating group) is 1. The zero-order valence-corrected chi connectivity index (χ0v) is 11.4. The SMILES string of the molecule is CNCC(=O)NC(C)(C)c1ccc(Br)cc1. The molecule has 0 spiro atoms. The van der Waals surface area contributed by atoms with Gasteiger partial charge in [-0.2, -0.15) is 0 Å². The summed E-state index contributed by atoms with van der Waals surface area (Å²) in [6.07, 6.45) is 0. The number of carbonyl (C=O) groups excluding carboxylic acids is 1. The normalized spacial score (nSPS) is 11.2. The van der Waals surface area contributed by atoms with Crippen molar-refractivity contribution in [3.8, 4) is 0 Å². The van der Waals surface area contributed by atoms with E-state index in [1.165, 1.54) is 0 Å². The number of amides is 1. The maximum atomic E-state index is 11.5. The minimum absolute atomic E-state index is 0.00424. The zero-order chi connectivity index (χ0) is 12.2. The summed E-state index contributed by atoms with van der Waals surface area (Å²) in [5.41, 5.74) is 0.731. The van der Waals surface area contributed by atoms with E-state index in [0.29, 0.717) is 6.54 Å². The summed E-state index contributed by atoms with van der Waals surface area (Å²) >= 11 is 3.39. The van der Waals surface area contributed by atoms with Gasteiger partial charge in [0.25, 0.3) is 0 Å². The number of rotatable bonds is 4. The molecule has 0 aliphatic heterocycles. The Kier molecular flexibility index (Phi) is 4.50. The lowest BCUT2D eigenvalue weighted by Gasteiger charge is -2.27. The first-order chi connectivity index (χ1) is 7.45. The van der Waals surface area contributed by atoms with Gasteiger partial charge >= 0.3 is 0 Å². The Labute approximate surface area is 105 Å². The molecule has 1 rings (SSSR count). The van der Waals surface area contributed by atoms with E-state index in [4.69, 9.17) is 0 Å². The summed E-state index contributed by atoms with van der Waals surface area (Å²) in [6, 6.07) is 7.95. The van der Waals surface area contributed by atoms with Gasteiger partial charge in [0.1, 0.15) is 0 Å². The van der Waals surface area contributed by atoms with Crippen LogP contribution in [0.4, 0.5) is 0 Å². The van der Waals surface area contributed by atoms with Gasteiger partial charge < -0.3 is 10.6 Å². The van der Waals surface area contributed by atoms with Gasteiger partial charge in [-0.05, 0) is 38.6 Å². The molecule has 0 unspecified atom stereocenters. The van der Waals surface area contributed by atoms with Crippen LogP contribution in [0.2, 0.25) is 0 Å². The highest BCUT2D eigenvalue weighted by Gasteiger charge is 2.22. The fourth-order valence-corrected chi connectivity index (χ4v) is 1.76. The van der Waals surface area contributed by atoms with E-state index >= 15 is 0 Å². The van der Waals surface area contributed by atoms with Crippen molar-refractivity contribution in [2.75, 3.05) is 13.6 Å². The van der Waals surface area contributed by atoms with E-state index in [9.17, 15) is 4.79 Å². The van der Waals surface area contributed by atoms with Crippen molar-refractivity contribution < 1.29 is 4.79 Å². The lowest BCUT2D eigenvalue weighted by atomic mass is 9.94. The summed E-state index contributed by atoms with van der Waals surface area (Å²) < 4.78 is 1.04. The molecule has 0 heterocycles. The number of benzene rings is 1. The van der Waals surface area contributed by atoms with Crippen molar-refractivity contribution in [2.45, 2.75) is 19.4 Å². The predicted molar refractivity (Wildman–Crippen MR) is 69.2 cm³/mol. The summed E-state index contributed by atoms with van der Waals surface area (Å²) in [5.74, 6) is -0.00424. The highest BCUT2D eigenvalue weighted by Crippen LogP contribution is 2.21. The van der Waals surface area contributed by atoms with Crippen LogP contribution in [0.5, 0.6) is 0 Å². The first-order valence-electron chi connectivity index (χ1n) is 5.17. The Morgan fingerprint density at radius 1 is 1.31 bits per heavy atom. The molecule has 1 amide bonds. The molecule has 0 saturated carbocycles. The Morgan fingerprint density at radius 2 is 1.88 bits per heavy atom. The standard InChI is InChI=1S/C12H17BrN2O/c1-12(2,15-11(16)8-14-3)9-4-6-10(13)7-5-9/h4-7,14H,8H2,1-3H3,(H,15,16). The van der Waals surface area contributed by atoms with Crippen molar-refractivity contribution in [1.29, 1.82) is 0 Å². The molecule has 2 N–H and O–H groups in total. The first kappa shape index (κ1) is 13.2. The quantitative estimate of drug-likeness (QED) is 0.888. The molecule has 0 aliphatic rings. The molecule has 0 aliphatic carbocycles. The minimum atomic E-state index is -0.353. The van der Waals surface area contributed by atoms with Crippen LogP contribution in [0.3, 0.4) is 0 Å². The van der Waals surface area contributed by atoms with Crippen LogP contribution >= 0.6 is 15.9 Å². The molecule has 16 heavy (non-hydrogen) atoms. The molecule has 0 atom stereocenters. The van der Waals surface area contributed by atoms with Gasteiger partial charge in [-0.25, -0.2) is 0 Å². The third-order valence-electron chi connectivity index (χ3n) is 2.36. The molecule has 1 aromatic carbocycles. The van der Waals surface area contributed by atoms with Crippen LogP contribution in [0.1, 0.15) is 19.4 Å². The highest BCUT2D eigenvalue weighted by atomic mass is 79.9. The maximum Gasteiger partial charge on any atom is 0.234 e. The summed E-state index contributed by atoms with van der Waals surface area (Å²) in [4.78, 5) is 11.5. The van der Waals surface area contributed by atoms with Gasteiger partial charge in [0.05, 0.1) is 12.1 Å². The molecular formula is C12H17BrN2O. The highest BCUT2D eigenvalue weighted by molar-refractivity contribution is 9.10. The topological polar surface area (TPSA) is 41.1 Å². The van der Waals surface area contributed by atoms with Gasteiger partial charge in [-0.3, -0.25) is 4.79 Å². The molecule has 0 aromatic heterocycles. The van der Waals surface area contributed by atoms with Crippen molar-refractivity contribution in [3.05, 3.63) is 34.3 Å². The van der Waals surface area contributed by atoms with Crippen molar-refractivity contribution in [2.24, 2.45) is 0 Å². The summed E-state index contributed by atoms with van der Waals surface area (Å²) in [7, 11) is 1.76. The third kappa shape index (κ3) is 3.61. The Balaban J connectivity index is 2.76. The Bertz CT molecular complexity index is 360. The van der Waals surface area contributed by atoms with E-state index < -0.39 is 0 Å². The Morgan fingerprint density at radius 3 is 2.38 bits per heavy atom. The number of halogens is 1. The molecule has 0 fully saturated rings. The maximum absolute atomic E-state index is 11.5. The zero-order valence-electron chi connectivity index (χ0n) is 9.80. The average molecular weight is 285 g/mol. The molecule has 1 aromatic rings. The molecule has 0 bridgehead atoms. The van der Waals surface area contributed by atoms with Crippen LogP contribution in [0.15, 0.2) is 28.7 Å². The van der Waals surface area contributed by atoms with Gasteiger partial charge in [-0.15, -0.1) is 0 Å². The van der Waals surface area contributed by atoms with Gasteiger partial charge in [-0.1, -0.05) is 28.1 Å². The molecule has 88 valence electrons. The third-order valence-corrected chi connectivity index (χ3v) is 2.88. The number of hydrogen-bond acceptors (Lipinski definition) is 2. The van der Waals surface area contributed by atoms with E-state index in [1.807, 2.05) is 38.1 Å².